The molecule has 6 heteroatoms. The molecule has 0 radical (unpaired) electrons. The third-order valence-corrected chi connectivity index (χ3v) is 4.94. The summed E-state index contributed by atoms with van der Waals surface area (Å²) in [5.41, 5.74) is 1.14. The Kier molecular flexibility index (Phi) is 6.53. The summed E-state index contributed by atoms with van der Waals surface area (Å²) < 4.78 is 10.5. The van der Waals surface area contributed by atoms with Gasteiger partial charge in [-0.3, -0.25) is 9.59 Å². The molecule has 0 spiro atoms. The van der Waals surface area contributed by atoms with Gasteiger partial charge in [-0.25, -0.2) is 0 Å². The van der Waals surface area contributed by atoms with Crippen LogP contribution in [0.1, 0.15) is 41.2 Å². The van der Waals surface area contributed by atoms with Crippen LogP contribution in [-0.2, 0) is 4.79 Å². The van der Waals surface area contributed by atoms with Crippen LogP contribution in [0.25, 0.3) is 0 Å². The first-order chi connectivity index (χ1) is 13.6. The van der Waals surface area contributed by atoms with Gasteiger partial charge < -0.3 is 19.7 Å². The van der Waals surface area contributed by atoms with Crippen LogP contribution in [0.15, 0.2) is 48.5 Å². The topological polar surface area (TPSA) is 67.9 Å². The van der Waals surface area contributed by atoms with Crippen molar-refractivity contribution < 1.29 is 19.1 Å². The summed E-state index contributed by atoms with van der Waals surface area (Å²) in [4.78, 5) is 28.0. The van der Waals surface area contributed by atoms with Crippen molar-refractivity contribution in [1.82, 2.24) is 10.2 Å². The molecule has 6 nitrogen and oxygen atoms in total. The second-order valence-corrected chi connectivity index (χ2v) is 6.80. The van der Waals surface area contributed by atoms with E-state index in [4.69, 9.17) is 9.47 Å². The maximum absolute atomic E-state index is 13.2. The number of ether oxygens (including phenoxy) is 2. The Morgan fingerprint density at radius 3 is 2.11 bits per heavy atom. The zero-order valence-electron chi connectivity index (χ0n) is 16.3. The van der Waals surface area contributed by atoms with Crippen LogP contribution in [0.4, 0.5) is 0 Å². The van der Waals surface area contributed by atoms with Crippen molar-refractivity contribution in [2.24, 2.45) is 0 Å². The Hall–Kier alpha value is -3.02. The van der Waals surface area contributed by atoms with E-state index in [1.165, 1.54) is 14.2 Å². The molecule has 1 aliphatic heterocycles. The van der Waals surface area contributed by atoms with Crippen molar-refractivity contribution in [3.05, 3.63) is 59.7 Å². The standard InChI is InChI=1S/C22H26N2O4/c1-27-18-13-17(14-19(15-18)28-2)21(25)23-20(16-9-5-3-6-10-16)22(26)24-11-7-4-8-12-24/h3,5-6,9-10,13-15,20H,4,7-8,11-12H2,1-2H3,(H,23,25)/t20-/m0/s1. The quantitative estimate of drug-likeness (QED) is 0.833. The maximum atomic E-state index is 13.2. The monoisotopic (exact) mass is 382 g/mol. The van der Waals surface area contributed by atoms with Crippen molar-refractivity contribution in [1.29, 1.82) is 0 Å². The lowest BCUT2D eigenvalue weighted by Gasteiger charge is -2.31. The molecule has 1 N–H and O–H groups in total. The summed E-state index contributed by atoms with van der Waals surface area (Å²) in [6.45, 7) is 1.45. The number of hydrogen-bond donors (Lipinski definition) is 1. The fraction of sp³-hybridized carbons (Fsp3) is 0.364. The van der Waals surface area contributed by atoms with Gasteiger partial charge in [0.1, 0.15) is 17.5 Å². The fourth-order valence-corrected chi connectivity index (χ4v) is 3.38. The molecule has 3 rings (SSSR count). The molecule has 0 bridgehead atoms. The Labute approximate surface area is 165 Å². The first kappa shape index (κ1) is 19.7. The summed E-state index contributed by atoms with van der Waals surface area (Å²) >= 11 is 0. The number of benzene rings is 2. The number of hydrogen-bond acceptors (Lipinski definition) is 4. The predicted molar refractivity (Wildman–Crippen MR) is 107 cm³/mol. The number of likely N-dealkylation sites (tertiary alicyclic amines) is 1. The van der Waals surface area contributed by atoms with Gasteiger partial charge in [-0.15, -0.1) is 0 Å². The van der Waals surface area contributed by atoms with E-state index in [0.717, 1.165) is 37.9 Å². The lowest BCUT2D eigenvalue weighted by atomic mass is 10.0. The molecule has 1 atom stereocenters. The van der Waals surface area contributed by atoms with Crippen LogP contribution in [-0.4, -0.2) is 44.0 Å². The van der Waals surface area contributed by atoms with Crippen LogP contribution < -0.4 is 14.8 Å². The summed E-state index contributed by atoms with van der Waals surface area (Å²) in [5, 5.41) is 2.91. The van der Waals surface area contributed by atoms with Crippen molar-refractivity contribution in [3.8, 4) is 11.5 Å². The van der Waals surface area contributed by atoms with Crippen molar-refractivity contribution >= 4 is 11.8 Å². The van der Waals surface area contributed by atoms with Gasteiger partial charge in [0.05, 0.1) is 14.2 Å². The number of carbonyl (C=O) groups is 2. The molecule has 1 fully saturated rings. The Balaban J connectivity index is 1.87. The average Bonchev–Trinajstić information content (AvgIpc) is 2.77. The van der Waals surface area contributed by atoms with E-state index in [2.05, 4.69) is 5.32 Å². The predicted octanol–water partition coefficient (Wildman–Crippen LogP) is 3.19. The lowest BCUT2D eigenvalue weighted by Crippen LogP contribution is -2.45. The van der Waals surface area contributed by atoms with Crippen LogP contribution in [0, 0.1) is 0 Å². The first-order valence-corrected chi connectivity index (χ1v) is 9.50. The van der Waals surface area contributed by atoms with Gasteiger partial charge >= 0.3 is 0 Å². The Morgan fingerprint density at radius 2 is 1.54 bits per heavy atom. The average molecular weight is 382 g/mol. The molecule has 0 aromatic heterocycles. The van der Waals surface area contributed by atoms with Crippen LogP contribution in [0.5, 0.6) is 11.5 Å². The number of piperidine rings is 1. The van der Waals surface area contributed by atoms with Crippen LogP contribution in [0.3, 0.4) is 0 Å². The molecular weight excluding hydrogens is 356 g/mol. The van der Waals surface area contributed by atoms with Gasteiger partial charge in [-0.05, 0) is 37.0 Å². The molecular formula is C22H26N2O4. The van der Waals surface area contributed by atoms with E-state index in [1.54, 1.807) is 18.2 Å². The highest BCUT2D eigenvalue weighted by Gasteiger charge is 2.28. The molecule has 1 aliphatic rings. The molecule has 0 aliphatic carbocycles. The van der Waals surface area contributed by atoms with Crippen molar-refractivity contribution in [3.63, 3.8) is 0 Å². The smallest absolute Gasteiger partial charge is 0.252 e. The van der Waals surface area contributed by atoms with E-state index in [9.17, 15) is 9.59 Å². The molecule has 0 unspecified atom stereocenters. The van der Waals surface area contributed by atoms with Gasteiger partial charge in [-0.1, -0.05) is 30.3 Å². The normalized spacial score (nSPS) is 14.9. The SMILES string of the molecule is COc1cc(OC)cc(C(=O)N[C@H](C(=O)N2CCCCC2)c2ccccc2)c1. The zero-order chi connectivity index (χ0) is 19.9. The number of rotatable bonds is 6. The molecule has 2 aromatic rings. The summed E-state index contributed by atoms with van der Waals surface area (Å²) in [7, 11) is 3.06. The minimum Gasteiger partial charge on any atom is -0.497 e. The van der Waals surface area contributed by atoms with Gasteiger partial charge in [0.15, 0.2) is 0 Å². The summed E-state index contributed by atoms with van der Waals surface area (Å²) in [5.74, 6) is 0.608. The van der Waals surface area contributed by atoms with Crippen molar-refractivity contribution in [2.75, 3.05) is 27.3 Å². The fourth-order valence-electron chi connectivity index (χ4n) is 3.38. The molecule has 1 saturated heterocycles. The molecule has 2 amide bonds. The third kappa shape index (κ3) is 4.63. The maximum Gasteiger partial charge on any atom is 0.252 e. The first-order valence-electron chi connectivity index (χ1n) is 9.50. The number of amides is 2. The molecule has 0 saturated carbocycles. The Bertz CT molecular complexity index is 794. The van der Waals surface area contributed by atoms with Gasteiger partial charge in [0.25, 0.3) is 5.91 Å². The largest absolute Gasteiger partial charge is 0.497 e. The minimum atomic E-state index is -0.732. The number of carbonyl (C=O) groups excluding carboxylic acids is 2. The molecule has 28 heavy (non-hydrogen) atoms. The van der Waals surface area contributed by atoms with E-state index in [0.29, 0.717) is 17.1 Å². The van der Waals surface area contributed by atoms with E-state index >= 15 is 0 Å². The van der Waals surface area contributed by atoms with Gasteiger partial charge in [0, 0.05) is 24.7 Å². The highest BCUT2D eigenvalue weighted by Crippen LogP contribution is 2.24. The van der Waals surface area contributed by atoms with Gasteiger partial charge in [-0.2, -0.15) is 0 Å². The van der Waals surface area contributed by atoms with E-state index in [-0.39, 0.29) is 11.8 Å². The Morgan fingerprint density at radius 1 is 0.929 bits per heavy atom. The minimum absolute atomic E-state index is 0.0749. The van der Waals surface area contributed by atoms with Gasteiger partial charge in [0.2, 0.25) is 5.91 Å². The van der Waals surface area contributed by atoms with Crippen molar-refractivity contribution in [2.45, 2.75) is 25.3 Å². The van der Waals surface area contributed by atoms with E-state index < -0.39 is 6.04 Å². The second-order valence-electron chi connectivity index (χ2n) is 6.80. The van der Waals surface area contributed by atoms with Crippen LogP contribution in [0.2, 0.25) is 0 Å². The molecule has 2 aromatic carbocycles. The second kappa shape index (κ2) is 9.26. The zero-order valence-corrected chi connectivity index (χ0v) is 16.3. The highest BCUT2D eigenvalue weighted by atomic mass is 16.5. The number of methoxy groups -OCH3 is 2. The summed E-state index contributed by atoms with van der Waals surface area (Å²) in [6, 6.07) is 13.6. The number of nitrogens with one attached hydrogen (secondary N) is 1. The lowest BCUT2D eigenvalue weighted by molar-refractivity contribution is -0.134. The highest BCUT2D eigenvalue weighted by molar-refractivity contribution is 5.98. The number of nitrogens with zero attached hydrogens (tertiary/aromatic N) is 1. The molecule has 1 heterocycles. The van der Waals surface area contributed by atoms with E-state index in [1.807, 2.05) is 35.2 Å². The summed E-state index contributed by atoms with van der Waals surface area (Å²) in [6.07, 6.45) is 3.12. The van der Waals surface area contributed by atoms with Crippen LogP contribution >= 0.6 is 0 Å². The molecule has 148 valence electrons. The third-order valence-electron chi connectivity index (χ3n) is 4.94.